The number of anilines is 1. The van der Waals surface area contributed by atoms with E-state index in [-0.39, 0.29) is 11.8 Å². The predicted octanol–water partition coefficient (Wildman–Crippen LogP) is 4.67. The van der Waals surface area contributed by atoms with Crippen molar-refractivity contribution < 1.29 is 14.3 Å². The van der Waals surface area contributed by atoms with Gasteiger partial charge in [-0.3, -0.25) is 14.5 Å². The van der Waals surface area contributed by atoms with Gasteiger partial charge >= 0.3 is 0 Å². The van der Waals surface area contributed by atoms with E-state index in [0.717, 1.165) is 50.1 Å². The number of ether oxygens (including phenoxy) is 1. The van der Waals surface area contributed by atoms with Crippen LogP contribution in [0.3, 0.4) is 0 Å². The molecule has 2 N–H and O–H groups in total. The zero-order valence-corrected chi connectivity index (χ0v) is 16.2. The van der Waals surface area contributed by atoms with Gasteiger partial charge in [0.15, 0.2) is 0 Å². The summed E-state index contributed by atoms with van der Waals surface area (Å²) in [5.41, 5.74) is 7.47. The van der Waals surface area contributed by atoms with Gasteiger partial charge in [0.05, 0.1) is 17.7 Å². The second-order valence-electron chi connectivity index (χ2n) is 7.20. The normalized spacial score (nSPS) is 13.1. The Labute approximate surface area is 166 Å². The highest BCUT2D eigenvalue weighted by Gasteiger charge is 2.34. The highest BCUT2D eigenvalue weighted by atomic mass is 16.5. The van der Waals surface area contributed by atoms with Crippen LogP contribution in [0.1, 0.15) is 65.7 Å². The smallest absolute Gasteiger partial charge is 0.261 e. The molecule has 0 aliphatic carbocycles. The van der Waals surface area contributed by atoms with Crippen molar-refractivity contribution in [2.45, 2.75) is 44.9 Å². The third-order valence-electron chi connectivity index (χ3n) is 5.05. The minimum Gasteiger partial charge on any atom is -0.494 e. The fraction of sp³-hybridized carbons (Fsp3) is 0.391. The van der Waals surface area contributed by atoms with Crippen molar-refractivity contribution in [3.05, 3.63) is 59.7 Å². The van der Waals surface area contributed by atoms with E-state index < -0.39 is 0 Å². The molecule has 0 radical (unpaired) electrons. The number of carbonyl (C=O) groups is 2. The first-order valence-corrected chi connectivity index (χ1v) is 10.1. The molecule has 0 bridgehead atoms. The van der Waals surface area contributed by atoms with Crippen molar-refractivity contribution in [3.63, 3.8) is 0 Å². The van der Waals surface area contributed by atoms with E-state index in [1.165, 1.54) is 17.7 Å². The van der Waals surface area contributed by atoms with E-state index in [2.05, 4.69) is 0 Å². The summed E-state index contributed by atoms with van der Waals surface area (Å²) in [6.07, 6.45) is 7.57. The Kier molecular flexibility index (Phi) is 7.06. The molecule has 0 saturated carbocycles. The van der Waals surface area contributed by atoms with Gasteiger partial charge < -0.3 is 10.5 Å². The van der Waals surface area contributed by atoms with E-state index in [1.807, 2.05) is 24.3 Å². The van der Waals surface area contributed by atoms with Crippen molar-refractivity contribution in [1.29, 1.82) is 0 Å². The summed E-state index contributed by atoms with van der Waals surface area (Å²) in [5.74, 6) is 0.561. The number of benzene rings is 2. The van der Waals surface area contributed by atoms with Gasteiger partial charge in [0.25, 0.3) is 11.8 Å². The molecule has 3 rings (SSSR count). The molecule has 0 saturated heterocycles. The average molecular weight is 380 g/mol. The van der Waals surface area contributed by atoms with Crippen LogP contribution in [0.15, 0.2) is 48.5 Å². The SMILES string of the molecule is Nc1ccc(OCCCCCCCCCN2C(=O)c3ccccc3C2=O)cc1. The molecular formula is C23H28N2O3. The quantitative estimate of drug-likeness (QED) is 0.349. The molecule has 0 atom stereocenters. The molecule has 0 unspecified atom stereocenters. The van der Waals surface area contributed by atoms with Gasteiger partial charge in [0, 0.05) is 12.2 Å². The van der Waals surface area contributed by atoms with E-state index in [9.17, 15) is 9.59 Å². The number of imide groups is 1. The van der Waals surface area contributed by atoms with Crippen LogP contribution in [0.5, 0.6) is 5.75 Å². The number of hydrogen-bond donors (Lipinski definition) is 1. The summed E-state index contributed by atoms with van der Waals surface area (Å²) in [6, 6.07) is 14.5. The van der Waals surface area contributed by atoms with Crippen molar-refractivity contribution in [2.75, 3.05) is 18.9 Å². The van der Waals surface area contributed by atoms with Crippen molar-refractivity contribution in [1.82, 2.24) is 4.90 Å². The predicted molar refractivity (Wildman–Crippen MR) is 110 cm³/mol. The van der Waals surface area contributed by atoms with Gasteiger partial charge in [-0.25, -0.2) is 0 Å². The molecule has 0 spiro atoms. The lowest BCUT2D eigenvalue weighted by atomic mass is 10.1. The van der Waals surface area contributed by atoms with Gasteiger partial charge in [-0.05, 0) is 49.2 Å². The lowest BCUT2D eigenvalue weighted by Crippen LogP contribution is -2.30. The molecule has 5 heteroatoms. The van der Waals surface area contributed by atoms with Crippen LogP contribution < -0.4 is 10.5 Å². The van der Waals surface area contributed by atoms with Crippen LogP contribution in [0.25, 0.3) is 0 Å². The molecule has 1 aliphatic heterocycles. The van der Waals surface area contributed by atoms with Crippen LogP contribution in [-0.2, 0) is 0 Å². The maximum absolute atomic E-state index is 12.3. The van der Waals surface area contributed by atoms with Crippen LogP contribution in [0.4, 0.5) is 5.69 Å². The zero-order chi connectivity index (χ0) is 19.8. The Morgan fingerprint density at radius 1 is 0.714 bits per heavy atom. The fourth-order valence-electron chi connectivity index (χ4n) is 3.45. The zero-order valence-electron chi connectivity index (χ0n) is 16.2. The van der Waals surface area contributed by atoms with E-state index >= 15 is 0 Å². The number of carbonyl (C=O) groups excluding carboxylic acids is 2. The number of fused-ring (bicyclic) bond motifs is 1. The maximum Gasteiger partial charge on any atom is 0.261 e. The summed E-state index contributed by atoms with van der Waals surface area (Å²) in [4.78, 5) is 25.9. The largest absolute Gasteiger partial charge is 0.494 e. The average Bonchev–Trinajstić information content (AvgIpc) is 2.95. The molecule has 28 heavy (non-hydrogen) atoms. The molecule has 5 nitrogen and oxygen atoms in total. The summed E-state index contributed by atoms with van der Waals surface area (Å²) < 4.78 is 5.68. The Morgan fingerprint density at radius 3 is 1.86 bits per heavy atom. The van der Waals surface area contributed by atoms with E-state index in [0.29, 0.717) is 17.7 Å². The van der Waals surface area contributed by atoms with Crippen molar-refractivity contribution in [2.24, 2.45) is 0 Å². The number of rotatable bonds is 11. The molecule has 1 aliphatic rings. The molecular weight excluding hydrogens is 352 g/mol. The number of nitrogens with two attached hydrogens (primary N) is 1. The molecule has 148 valence electrons. The van der Waals surface area contributed by atoms with Crippen LogP contribution >= 0.6 is 0 Å². The number of hydrogen-bond acceptors (Lipinski definition) is 4. The van der Waals surface area contributed by atoms with Crippen LogP contribution in [0, 0.1) is 0 Å². The minimum absolute atomic E-state index is 0.151. The number of unbranched alkanes of at least 4 members (excludes halogenated alkanes) is 6. The van der Waals surface area contributed by atoms with Crippen LogP contribution in [0.2, 0.25) is 0 Å². The second-order valence-corrected chi connectivity index (χ2v) is 7.20. The first-order chi connectivity index (χ1) is 13.7. The van der Waals surface area contributed by atoms with E-state index in [1.54, 1.807) is 24.3 Å². The summed E-state index contributed by atoms with van der Waals surface area (Å²) in [7, 11) is 0. The number of nitrogens with zero attached hydrogens (tertiary/aromatic N) is 1. The lowest BCUT2D eigenvalue weighted by molar-refractivity contribution is 0.0651. The van der Waals surface area contributed by atoms with Gasteiger partial charge in [-0.2, -0.15) is 0 Å². The number of nitrogen functional groups attached to an aromatic ring is 1. The Morgan fingerprint density at radius 2 is 1.25 bits per heavy atom. The van der Waals surface area contributed by atoms with Crippen molar-refractivity contribution >= 4 is 17.5 Å². The van der Waals surface area contributed by atoms with Crippen LogP contribution in [-0.4, -0.2) is 29.9 Å². The third-order valence-corrected chi connectivity index (χ3v) is 5.05. The highest BCUT2D eigenvalue weighted by molar-refractivity contribution is 6.21. The van der Waals surface area contributed by atoms with Crippen molar-refractivity contribution in [3.8, 4) is 5.75 Å². The molecule has 2 amide bonds. The van der Waals surface area contributed by atoms with Gasteiger partial charge in [-0.1, -0.05) is 44.2 Å². The molecule has 1 heterocycles. The third kappa shape index (κ3) is 5.12. The maximum atomic E-state index is 12.3. The van der Waals surface area contributed by atoms with Gasteiger partial charge in [-0.15, -0.1) is 0 Å². The minimum atomic E-state index is -0.151. The Hall–Kier alpha value is -2.82. The number of amides is 2. The Bertz CT molecular complexity index is 767. The fourth-order valence-corrected chi connectivity index (χ4v) is 3.45. The summed E-state index contributed by atoms with van der Waals surface area (Å²) >= 11 is 0. The summed E-state index contributed by atoms with van der Waals surface area (Å²) in [6.45, 7) is 1.24. The summed E-state index contributed by atoms with van der Waals surface area (Å²) in [5, 5.41) is 0. The Balaban J connectivity index is 1.21. The first-order valence-electron chi connectivity index (χ1n) is 10.1. The highest BCUT2D eigenvalue weighted by Crippen LogP contribution is 2.23. The first kappa shape index (κ1) is 19.9. The lowest BCUT2D eigenvalue weighted by Gasteiger charge is -2.13. The molecule has 2 aromatic carbocycles. The van der Waals surface area contributed by atoms with Gasteiger partial charge in [0.1, 0.15) is 5.75 Å². The second kappa shape index (κ2) is 9.93. The standard InChI is InChI=1S/C23H28N2O3/c24-18-12-14-19(15-13-18)28-17-9-5-3-1-2-4-8-16-25-22(26)20-10-6-7-11-21(20)23(25)27/h6-7,10-15H,1-5,8-9,16-17,24H2. The van der Waals surface area contributed by atoms with Gasteiger partial charge in [0.2, 0.25) is 0 Å². The molecule has 0 aromatic heterocycles. The van der Waals surface area contributed by atoms with E-state index in [4.69, 9.17) is 10.5 Å². The monoisotopic (exact) mass is 380 g/mol. The molecule has 0 fully saturated rings. The topological polar surface area (TPSA) is 72.6 Å². The molecule has 2 aromatic rings.